The molecular formula is C14H14FNO2. The molecule has 0 heterocycles. The summed E-state index contributed by atoms with van der Waals surface area (Å²) in [4.78, 5) is 11.1. The number of hydrogen-bond acceptors (Lipinski definition) is 3. The third-order valence-electron chi connectivity index (χ3n) is 3.16. The molecule has 1 aliphatic carbocycles. The molecule has 2 rings (SSSR count). The number of Topliss-reactive ketones (excluding diaryl/α,β-unsaturated/α-hetero) is 1. The molecule has 1 aromatic rings. The highest BCUT2D eigenvalue weighted by Gasteiger charge is 2.19. The SMILES string of the molecule is N#Cc1cccc(COC2CCC(=O)CC2)c1F. The van der Waals surface area contributed by atoms with Gasteiger partial charge in [-0.25, -0.2) is 4.39 Å². The molecule has 1 fully saturated rings. The smallest absolute Gasteiger partial charge is 0.146 e. The van der Waals surface area contributed by atoms with Crippen LogP contribution in [0.15, 0.2) is 18.2 Å². The number of ether oxygens (including phenoxy) is 1. The average molecular weight is 247 g/mol. The lowest BCUT2D eigenvalue weighted by Crippen LogP contribution is -2.21. The van der Waals surface area contributed by atoms with Crippen molar-refractivity contribution >= 4 is 5.78 Å². The maximum absolute atomic E-state index is 13.7. The second-order valence-corrected chi connectivity index (χ2v) is 4.44. The summed E-state index contributed by atoms with van der Waals surface area (Å²) in [6, 6.07) is 6.51. The van der Waals surface area contributed by atoms with Crippen molar-refractivity contribution < 1.29 is 13.9 Å². The summed E-state index contributed by atoms with van der Waals surface area (Å²) in [5.41, 5.74) is 0.431. The van der Waals surface area contributed by atoms with Crippen LogP contribution in [0, 0.1) is 17.1 Å². The standard InChI is InChI=1S/C14H14FNO2/c15-14-10(8-16)2-1-3-11(14)9-18-13-6-4-12(17)5-7-13/h1-3,13H,4-7,9H2. The topological polar surface area (TPSA) is 50.1 Å². The number of nitriles is 1. The number of carbonyl (C=O) groups is 1. The molecular weight excluding hydrogens is 233 g/mol. The summed E-state index contributed by atoms with van der Waals surface area (Å²) in [5, 5.41) is 8.72. The molecule has 0 spiro atoms. The molecule has 1 aromatic carbocycles. The van der Waals surface area contributed by atoms with E-state index in [1.807, 2.05) is 0 Å². The first-order valence-corrected chi connectivity index (χ1v) is 6.01. The van der Waals surface area contributed by atoms with E-state index in [0.29, 0.717) is 31.2 Å². The van der Waals surface area contributed by atoms with Gasteiger partial charge in [-0.1, -0.05) is 12.1 Å². The number of rotatable bonds is 3. The van der Waals surface area contributed by atoms with Crippen LogP contribution in [0.25, 0.3) is 0 Å². The normalized spacial score (nSPS) is 16.6. The van der Waals surface area contributed by atoms with E-state index in [2.05, 4.69) is 0 Å². The van der Waals surface area contributed by atoms with Crippen LogP contribution < -0.4 is 0 Å². The molecule has 3 nitrogen and oxygen atoms in total. The molecule has 0 saturated heterocycles. The first-order valence-electron chi connectivity index (χ1n) is 6.01. The van der Waals surface area contributed by atoms with Gasteiger partial charge in [0, 0.05) is 18.4 Å². The Bertz CT molecular complexity index is 483. The highest BCUT2D eigenvalue weighted by Crippen LogP contribution is 2.20. The molecule has 1 saturated carbocycles. The number of carbonyl (C=O) groups excluding carboxylic acids is 1. The van der Waals surface area contributed by atoms with Gasteiger partial charge in [0.1, 0.15) is 17.7 Å². The fourth-order valence-electron chi connectivity index (χ4n) is 2.07. The van der Waals surface area contributed by atoms with E-state index in [0.717, 1.165) is 0 Å². The number of benzene rings is 1. The number of ketones is 1. The highest BCUT2D eigenvalue weighted by molar-refractivity contribution is 5.79. The first kappa shape index (κ1) is 12.7. The Labute approximate surface area is 105 Å². The molecule has 0 amide bonds. The van der Waals surface area contributed by atoms with Gasteiger partial charge < -0.3 is 4.74 Å². The summed E-state index contributed by atoms with van der Waals surface area (Å²) in [7, 11) is 0. The Morgan fingerprint density at radius 2 is 2.11 bits per heavy atom. The van der Waals surface area contributed by atoms with Gasteiger partial charge >= 0.3 is 0 Å². The Morgan fingerprint density at radius 3 is 2.78 bits per heavy atom. The van der Waals surface area contributed by atoms with Crippen LogP contribution in [0.3, 0.4) is 0 Å². The molecule has 0 aromatic heterocycles. The molecule has 0 radical (unpaired) electrons. The van der Waals surface area contributed by atoms with Gasteiger partial charge in [-0.05, 0) is 18.9 Å². The zero-order chi connectivity index (χ0) is 13.0. The molecule has 1 aliphatic rings. The fourth-order valence-corrected chi connectivity index (χ4v) is 2.07. The molecule has 4 heteroatoms. The van der Waals surface area contributed by atoms with E-state index in [1.54, 1.807) is 18.2 Å². The molecule has 18 heavy (non-hydrogen) atoms. The van der Waals surface area contributed by atoms with Crippen LogP contribution in [-0.2, 0) is 16.1 Å². The van der Waals surface area contributed by atoms with E-state index in [9.17, 15) is 9.18 Å². The van der Waals surface area contributed by atoms with Crippen molar-refractivity contribution in [3.63, 3.8) is 0 Å². The Hall–Kier alpha value is -1.73. The third kappa shape index (κ3) is 2.93. The minimum Gasteiger partial charge on any atom is -0.373 e. The molecule has 0 unspecified atom stereocenters. The van der Waals surface area contributed by atoms with Crippen molar-refractivity contribution in [2.24, 2.45) is 0 Å². The predicted octanol–water partition coefficient (Wildman–Crippen LogP) is 2.73. The lowest BCUT2D eigenvalue weighted by Gasteiger charge is -2.21. The van der Waals surface area contributed by atoms with E-state index in [4.69, 9.17) is 10.00 Å². The zero-order valence-electron chi connectivity index (χ0n) is 9.99. The van der Waals surface area contributed by atoms with Crippen molar-refractivity contribution in [2.75, 3.05) is 0 Å². The summed E-state index contributed by atoms with van der Waals surface area (Å²) in [5.74, 6) is -0.237. The van der Waals surface area contributed by atoms with Crippen LogP contribution in [0.5, 0.6) is 0 Å². The fraction of sp³-hybridized carbons (Fsp3) is 0.429. The Kier molecular flexibility index (Phi) is 4.06. The van der Waals surface area contributed by atoms with Crippen molar-refractivity contribution in [1.82, 2.24) is 0 Å². The number of nitrogens with zero attached hydrogens (tertiary/aromatic N) is 1. The van der Waals surface area contributed by atoms with E-state index in [-0.39, 0.29) is 24.1 Å². The molecule has 0 N–H and O–H groups in total. The monoisotopic (exact) mass is 247 g/mol. The van der Waals surface area contributed by atoms with Crippen molar-refractivity contribution in [1.29, 1.82) is 5.26 Å². The van der Waals surface area contributed by atoms with Gasteiger partial charge in [-0.15, -0.1) is 0 Å². The van der Waals surface area contributed by atoms with Gasteiger partial charge in [-0.3, -0.25) is 4.79 Å². The van der Waals surface area contributed by atoms with Crippen molar-refractivity contribution in [2.45, 2.75) is 38.4 Å². The summed E-state index contributed by atoms with van der Waals surface area (Å²) in [6.45, 7) is 0.153. The minimum absolute atomic E-state index is 0.0211. The van der Waals surface area contributed by atoms with E-state index < -0.39 is 5.82 Å². The van der Waals surface area contributed by atoms with Gasteiger partial charge in [0.05, 0.1) is 18.3 Å². The molecule has 94 valence electrons. The second kappa shape index (κ2) is 5.74. The number of hydrogen-bond donors (Lipinski definition) is 0. The van der Waals surface area contributed by atoms with Gasteiger partial charge in [0.2, 0.25) is 0 Å². The van der Waals surface area contributed by atoms with Crippen LogP contribution in [0.2, 0.25) is 0 Å². The molecule has 0 bridgehead atoms. The highest BCUT2D eigenvalue weighted by atomic mass is 19.1. The maximum Gasteiger partial charge on any atom is 0.146 e. The summed E-state index contributed by atoms with van der Waals surface area (Å²) < 4.78 is 19.3. The van der Waals surface area contributed by atoms with Crippen LogP contribution >= 0.6 is 0 Å². The van der Waals surface area contributed by atoms with E-state index in [1.165, 1.54) is 6.07 Å². The summed E-state index contributed by atoms with van der Waals surface area (Å²) in [6.07, 6.45) is 2.53. The lowest BCUT2D eigenvalue weighted by atomic mass is 9.96. The van der Waals surface area contributed by atoms with Crippen LogP contribution in [-0.4, -0.2) is 11.9 Å². The Morgan fingerprint density at radius 1 is 1.39 bits per heavy atom. The first-order chi connectivity index (χ1) is 8.70. The molecule has 0 aliphatic heterocycles. The predicted molar refractivity (Wildman–Crippen MR) is 63.2 cm³/mol. The summed E-state index contributed by atoms with van der Waals surface area (Å²) >= 11 is 0. The lowest BCUT2D eigenvalue weighted by molar-refractivity contribution is -0.123. The van der Waals surface area contributed by atoms with Gasteiger partial charge in [-0.2, -0.15) is 5.26 Å². The van der Waals surface area contributed by atoms with Gasteiger partial charge in [0.15, 0.2) is 0 Å². The largest absolute Gasteiger partial charge is 0.373 e. The minimum atomic E-state index is -0.508. The van der Waals surface area contributed by atoms with Crippen molar-refractivity contribution in [3.8, 4) is 6.07 Å². The molecule has 0 atom stereocenters. The second-order valence-electron chi connectivity index (χ2n) is 4.44. The Balaban J connectivity index is 1.94. The van der Waals surface area contributed by atoms with Crippen molar-refractivity contribution in [3.05, 3.63) is 35.1 Å². The van der Waals surface area contributed by atoms with Crippen LogP contribution in [0.1, 0.15) is 36.8 Å². The van der Waals surface area contributed by atoms with E-state index >= 15 is 0 Å². The third-order valence-corrected chi connectivity index (χ3v) is 3.16. The number of halogens is 1. The quantitative estimate of drug-likeness (QED) is 0.825. The average Bonchev–Trinajstić information content (AvgIpc) is 2.39. The zero-order valence-corrected chi connectivity index (χ0v) is 9.99. The van der Waals surface area contributed by atoms with Gasteiger partial charge in [0.25, 0.3) is 0 Å². The maximum atomic E-state index is 13.7. The van der Waals surface area contributed by atoms with Crippen LogP contribution in [0.4, 0.5) is 4.39 Å².